The summed E-state index contributed by atoms with van der Waals surface area (Å²) < 4.78 is 7.27. The molecule has 0 amide bonds. The second-order valence-electron chi connectivity index (χ2n) is 4.71. The van der Waals surface area contributed by atoms with Crippen molar-refractivity contribution in [3.8, 4) is 11.4 Å². The fourth-order valence-corrected chi connectivity index (χ4v) is 2.01. The summed E-state index contributed by atoms with van der Waals surface area (Å²) >= 11 is 0. The lowest BCUT2D eigenvalue weighted by molar-refractivity contribution is 0.128. The van der Waals surface area contributed by atoms with Crippen molar-refractivity contribution in [1.82, 2.24) is 20.2 Å². The average Bonchev–Trinajstić information content (AvgIpc) is 2.90. The predicted octanol–water partition coefficient (Wildman–Crippen LogP) is 2.05. The van der Waals surface area contributed by atoms with E-state index in [9.17, 15) is 0 Å². The van der Waals surface area contributed by atoms with Crippen molar-refractivity contribution in [2.45, 2.75) is 33.2 Å². The number of nitrogens with two attached hydrogens (primary N) is 1. The number of hydrogen-bond donors (Lipinski definition) is 1. The molecule has 0 unspecified atom stereocenters. The van der Waals surface area contributed by atoms with Gasteiger partial charge in [-0.3, -0.25) is 0 Å². The lowest BCUT2D eigenvalue weighted by Gasteiger charge is -2.09. The third-order valence-electron chi connectivity index (χ3n) is 3.16. The van der Waals surface area contributed by atoms with Gasteiger partial charge in [0.2, 0.25) is 0 Å². The van der Waals surface area contributed by atoms with E-state index >= 15 is 0 Å². The highest BCUT2D eigenvalue weighted by Crippen LogP contribution is 2.24. The first-order chi connectivity index (χ1) is 9.74. The number of benzene rings is 1. The van der Waals surface area contributed by atoms with Crippen molar-refractivity contribution in [2.75, 3.05) is 18.9 Å². The first-order valence-corrected chi connectivity index (χ1v) is 6.93. The van der Waals surface area contributed by atoms with Crippen LogP contribution >= 0.6 is 0 Å². The van der Waals surface area contributed by atoms with Crippen LogP contribution in [0.15, 0.2) is 18.2 Å². The highest BCUT2D eigenvalue weighted by atomic mass is 16.5. The maximum absolute atomic E-state index is 5.93. The van der Waals surface area contributed by atoms with Crippen LogP contribution in [-0.2, 0) is 11.3 Å². The van der Waals surface area contributed by atoms with E-state index in [1.165, 1.54) is 0 Å². The van der Waals surface area contributed by atoms with Crippen molar-refractivity contribution in [1.29, 1.82) is 0 Å². The predicted molar refractivity (Wildman–Crippen MR) is 78.1 cm³/mol. The molecule has 0 spiro atoms. The normalized spacial score (nSPS) is 10.9. The Hall–Kier alpha value is -1.95. The van der Waals surface area contributed by atoms with Crippen LogP contribution in [0.1, 0.15) is 25.3 Å². The molecular formula is C14H21N5O. The zero-order valence-corrected chi connectivity index (χ0v) is 12.0. The van der Waals surface area contributed by atoms with Gasteiger partial charge in [0.15, 0.2) is 5.82 Å². The van der Waals surface area contributed by atoms with Crippen LogP contribution in [-0.4, -0.2) is 33.4 Å². The summed E-state index contributed by atoms with van der Waals surface area (Å²) in [7, 11) is 0. The van der Waals surface area contributed by atoms with Gasteiger partial charge in [0.05, 0.1) is 0 Å². The molecule has 20 heavy (non-hydrogen) atoms. The van der Waals surface area contributed by atoms with E-state index < -0.39 is 0 Å². The van der Waals surface area contributed by atoms with Crippen molar-refractivity contribution in [3.63, 3.8) is 0 Å². The molecule has 0 aliphatic heterocycles. The molecule has 2 rings (SSSR count). The second kappa shape index (κ2) is 7.00. The van der Waals surface area contributed by atoms with Crippen molar-refractivity contribution in [2.24, 2.45) is 0 Å². The molecule has 0 radical (unpaired) electrons. The largest absolute Gasteiger partial charge is 0.398 e. The number of hydrogen-bond acceptors (Lipinski definition) is 5. The molecule has 0 saturated heterocycles. The van der Waals surface area contributed by atoms with E-state index in [0.29, 0.717) is 0 Å². The molecular weight excluding hydrogens is 254 g/mol. The number of aromatic nitrogens is 4. The van der Waals surface area contributed by atoms with Gasteiger partial charge in [-0.25, -0.2) is 4.68 Å². The molecule has 2 aromatic rings. The van der Waals surface area contributed by atoms with Gasteiger partial charge in [-0.2, -0.15) is 0 Å². The van der Waals surface area contributed by atoms with E-state index in [1.54, 1.807) is 4.68 Å². The van der Waals surface area contributed by atoms with E-state index in [-0.39, 0.29) is 0 Å². The van der Waals surface area contributed by atoms with Gasteiger partial charge < -0.3 is 10.5 Å². The highest BCUT2D eigenvalue weighted by molar-refractivity contribution is 5.67. The Morgan fingerprint density at radius 3 is 2.95 bits per heavy atom. The SMILES string of the molecule is CCCOCCCn1nnnc1-c1cccc(N)c1C. The zero-order chi connectivity index (χ0) is 14.4. The summed E-state index contributed by atoms with van der Waals surface area (Å²) in [6, 6.07) is 5.79. The number of nitrogens with zero attached hydrogens (tertiary/aromatic N) is 4. The van der Waals surface area contributed by atoms with E-state index in [2.05, 4.69) is 22.4 Å². The number of ether oxygens (including phenoxy) is 1. The summed E-state index contributed by atoms with van der Waals surface area (Å²) in [5.74, 6) is 0.755. The van der Waals surface area contributed by atoms with Crippen molar-refractivity contribution >= 4 is 5.69 Å². The summed E-state index contributed by atoms with van der Waals surface area (Å²) in [6.45, 7) is 6.34. The van der Waals surface area contributed by atoms with Crippen LogP contribution in [0.5, 0.6) is 0 Å². The quantitative estimate of drug-likeness (QED) is 0.618. The molecule has 108 valence electrons. The molecule has 0 aliphatic rings. The standard InChI is InChI=1S/C14H21N5O/c1-3-9-20-10-5-8-19-14(16-17-18-19)12-6-4-7-13(15)11(12)2/h4,6-7H,3,5,8-10,15H2,1-2H3. The zero-order valence-electron chi connectivity index (χ0n) is 12.0. The van der Waals surface area contributed by atoms with Crippen LogP contribution in [0.4, 0.5) is 5.69 Å². The highest BCUT2D eigenvalue weighted by Gasteiger charge is 2.12. The summed E-state index contributed by atoms with van der Waals surface area (Å²) in [4.78, 5) is 0. The Bertz CT molecular complexity index is 552. The Morgan fingerprint density at radius 1 is 1.30 bits per heavy atom. The molecule has 2 N–H and O–H groups in total. The lowest BCUT2D eigenvalue weighted by atomic mass is 10.1. The molecule has 6 nitrogen and oxygen atoms in total. The Balaban J connectivity index is 2.06. The summed E-state index contributed by atoms with van der Waals surface area (Å²) in [5, 5.41) is 11.9. The van der Waals surface area contributed by atoms with Crippen LogP contribution in [0.3, 0.4) is 0 Å². The Kier molecular flexibility index (Phi) is 5.06. The number of nitrogen functional groups attached to an aromatic ring is 1. The number of tetrazole rings is 1. The summed E-state index contributed by atoms with van der Waals surface area (Å²) in [5.41, 5.74) is 8.67. The Morgan fingerprint density at radius 2 is 2.15 bits per heavy atom. The molecule has 6 heteroatoms. The summed E-state index contributed by atoms with van der Waals surface area (Å²) in [6.07, 6.45) is 1.93. The maximum atomic E-state index is 5.93. The van der Waals surface area contributed by atoms with Gasteiger partial charge >= 0.3 is 0 Å². The van der Waals surface area contributed by atoms with E-state index in [1.807, 2.05) is 25.1 Å². The lowest BCUT2D eigenvalue weighted by Crippen LogP contribution is -2.07. The van der Waals surface area contributed by atoms with Gasteiger partial charge in [0, 0.05) is 31.0 Å². The Labute approximate surface area is 118 Å². The topological polar surface area (TPSA) is 78.8 Å². The minimum atomic E-state index is 0.725. The molecule has 0 saturated carbocycles. The van der Waals surface area contributed by atoms with Gasteiger partial charge in [0.1, 0.15) is 0 Å². The molecule has 0 atom stereocenters. The van der Waals surface area contributed by atoms with Crippen LogP contribution in [0.2, 0.25) is 0 Å². The van der Waals surface area contributed by atoms with Crippen molar-refractivity contribution in [3.05, 3.63) is 23.8 Å². The van der Waals surface area contributed by atoms with E-state index in [0.717, 1.165) is 55.2 Å². The smallest absolute Gasteiger partial charge is 0.182 e. The molecule has 0 fully saturated rings. The molecule has 1 heterocycles. The third kappa shape index (κ3) is 3.33. The fraction of sp³-hybridized carbons (Fsp3) is 0.500. The molecule has 0 aliphatic carbocycles. The number of rotatable bonds is 7. The average molecular weight is 275 g/mol. The third-order valence-corrected chi connectivity index (χ3v) is 3.16. The maximum Gasteiger partial charge on any atom is 0.182 e. The molecule has 1 aromatic carbocycles. The van der Waals surface area contributed by atoms with Gasteiger partial charge in [-0.05, 0) is 41.8 Å². The first kappa shape index (κ1) is 14.5. The van der Waals surface area contributed by atoms with Crippen LogP contribution in [0, 0.1) is 6.92 Å². The minimum Gasteiger partial charge on any atom is -0.398 e. The van der Waals surface area contributed by atoms with Crippen molar-refractivity contribution < 1.29 is 4.74 Å². The van der Waals surface area contributed by atoms with Gasteiger partial charge in [-0.1, -0.05) is 19.1 Å². The monoisotopic (exact) mass is 275 g/mol. The molecule has 1 aromatic heterocycles. The second-order valence-corrected chi connectivity index (χ2v) is 4.71. The minimum absolute atomic E-state index is 0.725. The number of anilines is 1. The van der Waals surface area contributed by atoms with Gasteiger partial charge in [-0.15, -0.1) is 5.10 Å². The van der Waals surface area contributed by atoms with Gasteiger partial charge in [0.25, 0.3) is 0 Å². The van der Waals surface area contributed by atoms with Crippen LogP contribution < -0.4 is 5.73 Å². The number of aryl methyl sites for hydroxylation is 1. The fourth-order valence-electron chi connectivity index (χ4n) is 2.01. The van der Waals surface area contributed by atoms with E-state index in [4.69, 9.17) is 10.5 Å². The van der Waals surface area contributed by atoms with Crippen LogP contribution in [0.25, 0.3) is 11.4 Å². The first-order valence-electron chi connectivity index (χ1n) is 6.93. The molecule has 0 bridgehead atoms.